The van der Waals surface area contributed by atoms with Crippen LogP contribution in [0.15, 0.2) is 22.7 Å². The van der Waals surface area contributed by atoms with Gasteiger partial charge in [-0.2, -0.15) is 0 Å². The SMILES string of the molecule is Cc1ccc(C(=O)N2CCN(CCCl)CC2)c(Br)c1. The Morgan fingerprint density at radius 3 is 2.58 bits per heavy atom. The zero-order chi connectivity index (χ0) is 13.8. The fraction of sp³-hybridized carbons (Fsp3) is 0.500. The normalized spacial score (nSPS) is 16.7. The van der Waals surface area contributed by atoms with Gasteiger partial charge in [0.15, 0.2) is 0 Å². The molecule has 0 bridgehead atoms. The zero-order valence-electron chi connectivity index (χ0n) is 11.0. The number of halogens is 2. The molecule has 1 aliphatic rings. The molecular formula is C14H18BrClN2O. The highest BCUT2D eigenvalue weighted by Gasteiger charge is 2.22. The molecule has 1 amide bonds. The minimum absolute atomic E-state index is 0.109. The van der Waals surface area contributed by atoms with Crippen LogP contribution in [-0.4, -0.2) is 54.3 Å². The highest BCUT2D eigenvalue weighted by molar-refractivity contribution is 9.10. The van der Waals surface area contributed by atoms with E-state index < -0.39 is 0 Å². The second kappa shape index (κ2) is 6.73. The first-order valence-corrected chi connectivity index (χ1v) is 7.78. The Kier molecular flexibility index (Phi) is 5.25. The molecule has 5 heteroatoms. The van der Waals surface area contributed by atoms with E-state index in [4.69, 9.17) is 11.6 Å². The molecule has 0 saturated carbocycles. The molecule has 1 aliphatic heterocycles. The quantitative estimate of drug-likeness (QED) is 0.787. The van der Waals surface area contributed by atoms with Crippen molar-refractivity contribution in [2.24, 2.45) is 0 Å². The Labute approximate surface area is 127 Å². The largest absolute Gasteiger partial charge is 0.336 e. The van der Waals surface area contributed by atoms with Crippen LogP contribution in [0.4, 0.5) is 0 Å². The predicted molar refractivity (Wildman–Crippen MR) is 81.9 cm³/mol. The van der Waals surface area contributed by atoms with Crippen LogP contribution in [0.1, 0.15) is 15.9 Å². The Balaban J connectivity index is 2.01. The average molecular weight is 346 g/mol. The van der Waals surface area contributed by atoms with E-state index in [0.29, 0.717) is 5.88 Å². The number of hydrogen-bond donors (Lipinski definition) is 0. The number of hydrogen-bond acceptors (Lipinski definition) is 2. The number of benzene rings is 1. The minimum Gasteiger partial charge on any atom is -0.336 e. The zero-order valence-corrected chi connectivity index (χ0v) is 13.4. The van der Waals surface area contributed by atoms with E-state index in [-0.39, 0.29) is 5.91 Å². The van der Waals surface area contributed by atoms with Gasteiger partial charge in [-0.05, 0) is 40.5 Å². The van der Waals surface area contributed by atoms with Gasteiger partial charge >= 0.3 is 0 Å². The summed E-state index contributed by atoms with van der Waals surface area (Å²) in [7, 11) is 0. The first-order chi connectivity index (χ1) is 9.11. The molecule has 1 aromatic rings. The monoisotopic (exact) mass is 344 g/mol. The topological polar surface area (TPSA) is 23.6 Å². The Bertz CT molecular complexity index is 459. The van der Waals surface area contributed by atoms with Crippen LogP contribution in [-0.2, 0) is 0 Å². The predicted octanol–water partition coefficient (Wildman–Crippen LogP) is 2.75. The number of carbonyl (C=O) groups excluding carboxylic acids is 1. The van der Waals surface area contributed by atoms with Gasteiger partial charge < -0.3 is 4.90 Å². The molecule has 0 radical (unpaired) electrons. The smallest absolute Gasteiger partial charge is 0.255 e. The van der Waals surface area contributed by atoms with Crippen molar-refractivity contribution >= 4 is 33.4 Å². The Morgan fingerprint density at radius 2 is 2.00 bits per heavy atom. The summed E-state index contributed by atoms with van der Waals surface area (Å²) >= 11 is 9.21. The molecule has 19 heavy (non-hydrogen) atoms. The maximum absolute atomic E-state index is 12.4. The Morgan fingerprint density at radius 1 is 1.32 bits per heavy atom. The third-order valence-corrected chi connectivity index (χ3v) is 4.24. The van der Waals surface area contributed by atoms with Crippen molar-refractivity contribution in [1.82, 2.24) is 9.80 Å². The average Bonchev–Trinajstić information content (AvgIpc) is 2.39. The van der Waals surface area contributed by atoms with E-state index in [0.717, 1.165) is 48.3 Å². The number of alkyl halides is 1. The highest BCUT2D eigenvalue weighted by Crippen LogP contribution is 2.20. The summed E-state index contributed by atoms with van der Waals surface area (Å²) in [6.07, 6.45) is 0. The second-order valence-corrected chi connectivity index (χ2v) is 6.04. The van der Waals surface area contributed by atoms with Crippen LogP contribution >= 0.6 is 27.5 Å². The molecular weight excluding hydrogens is 328 g/mol. The van der Waals surface area contributed by atoms with Crippen LogP contribution < -0.4 is 0 Å². The van der Waals surface area contributed by atoms with Gasteiger partial charge in [0.05, 0.1) is 5.56 Å². The van der Waals surface area contributed by atoms with Crippen molar-refractivity contribution in [3.8, 4) is 0 Å². The minimum atomic E-state index is 0.109. The lowest BCUT2D eigenvalue weighted by molar-refractivity contribution is 0.0643. The number of aryl methyl sites for hydroxylation is 1. The molecule has 1 aromatic carbocycles. The summed E-state index contributed by atoms with van der Waals surface area (Å²) < 4.78 is 0.876. The van der Waals surface area contributed by atoms with Crippen LogP contribution in [0.2, 0.25) is 0 Å². The van der Waals surface area contributed by atoms with Crippen molar-refractivity contribution in [1.29, 1.82) is 0 Å². The van der Waals surface area contributed by atoms with Gasteiger partial charge in [-0.25, -0.2) is 0 Å². The van der Waals surface area contributed by atoms with E-state index in [2.05, 4.69) is 20.8 Å². The number of rotatable bonds is 3. The van der Waals surface area contributed by atoms with Gasteiger partial charge in [-0.1, -0.05) is 6.07 Å². The summed E-state index contributed by atoms with van der Waals surface area (Å²) in [6, 6.07) is 5.85. The molecule has 0 aromatic heterocycles. The van der Waals surface area contributed by atoms with E-state index in [9.17, 15) is 4.79 Å². The van der Waals surface area contributed by atoms with Crippen molar-refractivity contribution in [3.05, 3.63) is 33.8 Å². The summed E-state index contributed by atoms with van der Waals surface area (Å²) in [5, 5.41) is 0. The van der Waals surface area contributed by atoms with Crippen molar-refractivity contribution in [2.75, 3.05) is 38.6 Å². The number of nitrogens with zero attached hydrogens (tertiary/aromatic N) is 2. The number of piperazine rings is 1. The molecule has 2 rings (SSSR count). The first-order valence-electron chi connectivity index (χ1n) is 6.45. The van der Waals surface area contributed by atoms with Crippen molar-refractivity contribution in [2.45, 2.75) is 6.92 Å². The van der Waals surface area contributed by atoms with Gasteiger partial charge in [-0.3, -0.25) is 9.69 Å². The lowest BCUT2D eigenvalue weighted by Gasteiger charge is -2.34. The lowest BCUT2D eigenvalue weighted by atomic mass is 10.1. The van der Waals surface area contributed by atoms with Gasteiger partial charge in [-0.15, -0.1) is 11.6 Å². The molecule has 0 unspecified atom stereocenters. The van der Waals surface area contributed by atoms with Gasteiger partial charge in [0.1, 0.15) is 0 Å². The molecule has 1 heterocycles. The number of amides is 1. The standard InChI is InChI=1S/C14H18BrClN2O/c1-11-2-3-12(13(15)10-11)14(19)18-8-6-17(5-4-16)7-9-18/h2-3,10H,4-9H2,1H3. The van der Waals surface area contributed by atoms with Crippen LogP contribution in [0, 0.1) is 6.92 Å². The van der Waals surface area contributed by atoms with E-state index in [1.54, 1.807) is 0 Å². The maximum Gasteiger partial charge on any atom is 0.255 e. The summed E-state index contributed by atoms with van der Waals surface area (Å²) in [5.41, 5.74) is 1.90. The van der Waals surface area contributed by atoms with Crippen LogP contribution in [0.5, 0.6) is 0 Å². The molecule has 1 fully saturated rings. The second-order valence-electron chi connectivity index (χ2n) is 4.81. The Hall–Kier alpha value is -0.580. The fourth-order valence-corrected chi connectivity index (χ4v) is 3.16. The third kappa shape index (κ3) is 3.71. The molecule has 104 valence electrons. The van der Waals surface area contributed by atoms with Gasteiger partial charge in [0, 0.05) is 43.1 Å². The third-order valence-electron chi connectivity index (χ3n) is 3.42. The molecule has 1 saturated heterocycles. The van der Waals surface area contributed by atoms with E-state index >= 15 is 0 Å². The fourth-order valence-electron chi connectivity index (χ4n) is 2.26. The molecule has 0 atom stereocenters. The van der Waals surface area contributed by atoms with Gasteiger partial charge in [0.25, 0.3) is 5.91 Å². The van der Waals surface area contributed by atoms with Crippen molar-refractivity contribution in [3.63, 3.8) is 0 Å². The summed E-state index contributed by atoms with van der Waals surface area (Å²) in [4.78, 5) is 16.7. The highest BCUT2D eigenvalue weighted by atomic mass is 79.9. The van der Waals surface area contributed by atoms with E-state index in [1.165, 1.54) is 0 Å². The molecule has 0 spiro atoms. The first kappa shape index (κ1) is 14.8. The molecule has 3 nitrogen and oxygen atoms in total. The van der Waals surface area contributed by atoms with Crippen molar-refractivity contribution < 1.29 is 4.79 Å². The van der Waals surface area contributed by atoms with Gasteiger partial charge in [0.2, 0.25) is 0 Å². The van der Waals surface area contributed by atoms with E-state index in [1.807, 2.05) is 30.0 Å². The molecule has 0 aliphatic carbocycles. The maximum atomic E-state index is 12.4. The molecule has 0 N–H and O–H groups in total. The summed E-state index contributed by atoms with van der Waals surface area (Å²) in [6.45, 7) is 6.28. The lowest BCUT2D eigenvalue weighted by Crippen LogP contribution is -2.49. The summed E-state index contributed by atoms with van der Waals surface area (Å²) in [5.74, 6) is 0.759. The van der Waals surface area contributed by atoms with Crippen LogP contribution in [0.3, 0.4) is 0 Å². The van der Waals surface area contributed by atoms with Crippen LogP contribution in [0.25, 0.3) is 0 Å². The number of carbonyl (C=O) groups is 1.